The number of rotatable bonds is 5. The fraction of sp³-hybridized carbons (Fsp3) is 0.158. The molecule has 0 aliphatic carbocycles. The van der Waals surface area contributed by atoms with Crippen LogP contribution < -0.4 is 5.32 Å². The summed E-state index contributed by atoms with van der Waals surface area (Å²) in [6, 6.07) is 12.3. The largest absolute Gasteiger partial charge is 0.452 e. The zero-order valence-corrected chi connectivity index (χ0v) is 15.6. The quantitative estimate of drug-likeness (QED) is 0.647. The minimum atomic E-state index is -0.582. The van der Waals surface area contributed by atoms with E-state index >= 15 is 0 Å². The van der Waals surface area contributed by atoms with Crippen LogP contribution >= 0.6 is 15.9 Å². The van der Waals surface area contributed by atoms with Gasteiger partial charge < -0.3 is 10.1 Å². The average Bonchev–Trinajstić information content (AvgIpc) is 2.66. The second kappa shape index (κ2) is 8.05. The highest BCUT2D eigenvalue weighted by Gasteiger charge is 2.15. The first-order valence-corrected chi connectivity index (χ1v) is 8.75. The predicted molar refractivity (Wildman–Crippen MR) is 101 cm³/mol. The van der Waals surface area contributed by atoms with Crippen molar-refractivity contribution in [2.75, 3.05) is 6.61 Å². The van der Waals surface area contributed by atoms with Gasteiger partial charge >= 0.3 is 5.97 Å². The number of ether oxygens (including phenoxy) is 1. The van der Waals surface area contributed by atoms with Crippen molar-refractivity contribution in [3.05, 3.63) is 70.5 Å². The van der Waals surface area contributed by atoms with Crippen molar-refractivity contribution in [1.29, 1.82) is 0 Å². The van der Waals surface area contributed by atoms with Crippen LogP contribution in [0.15, 0.2) is 59.3 Å². The highest BCUT2D eigenvalue weighted by atomic mass is 79.9. The molecule has 3 rings (SSSR count). The van der Waals surface area contributed by atoms with Crippen LogP contribution in [-0.2, 0) is 9.53 Å². The number of hydrogen-bond donors (Lipinski definition) is 1. The van der Waals surface area contributed by atoms with E-state index in [2.05, 4.69) is 31.2 Å². The zero-order chi connectivity index (χ0) is 18.5. The summed E-state index contributed by atoms with van der Waals surface area (Å²) < 4.78 is 6.00. The lowest BCUT2D eigenvalue weighted by molar-refractivity contribution is -0.124. The van der Waals surface area contributed by atoms with Gasteiger partial charge in [-0.2, -0.15) is 0 Å². The first-order chi connectivity index (χ1) is 12.5. The van der Waals surface area contributed by atoms with Crippen LogP contribution in [0.4, 0.5) is 0 Å². The van der Waals surface area contributed by atoms with E-state index in [0.29, 0.717) is 16.6 Å². The molecule has 1 amide bonds. The second-order valence-corrected chi connectivity index (χ2v) is 6.50. The molecule has 2 aromatic carbocycles. The topological polar surface area (TPSA) is 81.2 Å². The van der Waals surface area contributed by atoms with E-state index < -0.39 is 5.97 Å². The molecule has 1 atom stereocenters. The summed E-state index contributed by atoms with van der Waals surface area (Å²) in [5.41, 5.74) is 2.54. The van der Waals surface area contributed by atoms with Crippen molar-refractivity contribution in [3.63, 3.8) is 0 Å². The molecule has 132 valence electrons. The Hall–Kier alpha value is -2.80. The molecule has 0 fully saturated rings. The number of nitrogens with zero attached hydrogens (tertiary/aromatic N) is 2. The van der Waals surface area contributed by atoms with Crippen molar-refractivity contribution in [2.24, 2.45) is 0 Å². The zero-order valence-electron chi connectivity index (χ0n) is 14.0. The van der Waals surface area contributed by atoms with E-state index in [1.807, 2.05) is 31.2 Å². The van der Waals surface area contributed by atoms with Crippen LogP contribution in [0.1, 0.15) is 28.9 Å². The standard InChI is InChI=1S/C19H16BrN3O3/c1-12(14-4-2-3-5-15(14)20)23-18(24)11-26-19(25)13-6-7-16-17(10-13)22-9-8-21-16/h2-10,12H,11H2,1H3,(H,23,24)/t12-/m1/s1. The third kappa shape index (κ3) is 4.23. The van der Waals surface area contributed by atoms with Crippen LogP contribution in [0.2, 0.25) is 0 Å². The van der Waals surface area contributed by atoms with Crippen LogP contribution in [0.3, 0.4) is 0 Å². The molecule has 1 N–H and O–H groups in total. The average molecular weight is 414 g/mol. The summed E-state index contributed by atoms with van der Waals surface area (Å²) in [7, 11) is 0. The lowest BCUT2D eigenvalue weighted by atomic mass is 10.1. The molecule has 0 saturated heterocycles. The number of esters is 1. The number of hydrogen-bond acceptors (Lipinski definition) is 5. The van der Waals surface area contributed by atoms with Gasteiger partial charge in [-0.25, -0.2) is 4.79 Å². The highest BCUT2D eigenvalue weighted by molar-refractivity contribution is 9.10. The van der Waals surface area contributed by atoms with Crippen LogP contribution in [0.25, 0.3) is 11.0 Å². The first kappa shape index (κ1) is 18.0. The van der Waals surface area contributed by atoms with Crippen LogP contribution in [0, 0.1) is 0 Å². The van der Waals surface area contributed by atoms with Crippen molar-refractivity contribution in [2.45, 2.75) is 13.0 Å². The van der Waals surface area contributed by atoms with Crippen LogP contribution in [0.5, 0.6) is 0 Å². The Morgan fingerprint density at radius 1 is 1.12 bits per heavy atom. The van der Waals surface area contributed by atoms with Gasteiger partial charge in [0.15, 0.2) is 6.61 Å². The van der Waals surface area contributed by atoms with Gasteiger partial charge in [0, 0.05) is 16.9 Å². The first-order valence-electron chi connectivity index (χ1n) is 7.96. The Morgan fingerprint density at radius 3 is 2.62 bits per heavy atom. The smallest absolute Gasteiger partial charge is 0.338 e. The summed E-state index contributed by atoms with van der Waals surface area (Å²) in [6.07, 6.45) is 3.13. The maximum atomic E-state index is 12.1. The minimum Gasteiger partial charge on any atom is -0.452 e. The Kier molecular flexibility index (Phi) is 5.58. The molecule has 0 aliphatic rings. The molecule has 6 nitrogen and oxygen atoms in total. The maximum absolute atomic E-state index is 12.1. The third-order valence-corrected chi connectivity index (χ3v) is 4.51. The summed E-state index contributed by atoms with van der Waals surface area (Å²) in [4.78, 5) is 32.5. The van der Waals surface area contributed by atoms with Crippen molar-refractivity contribution in [1.82, 2.24) is 15.3 Å². The minimum absolute atomic E-state index is 0.215. The Bertz CT molecular complexity index is 961. The molecule has 1 heterocycles. The van der Waals surface area contributed by atoms with Gasteiger partial charge in [0.05, 0.1) is 22.6 Å². The Labute approximate surface area is 158 Å². The molecule has 0 bridgehead atoms. The Morgan fingerprint density at radius 2 is 1.85 bits per heavy atom. The van der Waals surface area contributed by atoms with E-state index in [9.17, 15) is 9.59 Å². The Balaban J connectivity index is 1.58. The van der Waals surface area contributed by atoms with Gasteiger partial charge in [0.1, 0.15) is 0 Å². The summed E-state index contributed by atoms with van der Waals surface area (Å²) in [6.45, 7) is 1.51. The maximum Gasteiger partial charge on any atom is 0.338 e. The molecular weight excluding hydrogens is 398 g/mol. The van der Waals surface area contributed by atoms with Gasteiger partial charge in [0.2, 0.25) is 0 Å². The van der Waals surface area contributed by atoms with E-state index in [4.69, 9.17) is 4.74 Å². The molecule has 0 radical (unpaired) electrons. The summed E-state index contributed by atoms with van der Waals surface area (Å²) >= 11 is 3.45. The van der Waals surface area contributed by atoms with Gasteiger partial charge in [-0.1, -0.05) is 34.1 Å². The van der Waals surface area contributed by atoms with E-state index in [0.717, 1.165) is 10.0 Å². The molecule has 0 aliphatic heterocycles. The summed E-state index contributed by atoms with van der Waals surface area (Å²) in [5, 5.41) is 2.80. The number of nitrogens with one attached hydrogen (secondary N) is 1. The molecular formula is C19H16BrN3O3. The van der Waals surface area contributed by atoms with Gasteiger partial charge in [0.25, 0.3) is 5.91 Å². The number of amides is 1. The van der Waals surface area contributed by atoms with Gasteiger partial charge in [-0.3, -0.25) is 14.8 Å². The number of carbonyl (C=O) groups excluding carboxylic acids is 2. The van der Waals surface area contributed by atoms with Crippen molar-refractivity contribution in [3.8, 4) is 0 Å². The monoisotopic (exact) mass is 413 g/mol. The van der Waals surface area contributed by atoms with Gasteiger partial charge in [-0.15, -0.1) is 0 Å². The number of benzene rings is 2. The third-order valence-electron chi connectivity index (χ3n) is 3.79. The second-order valence-electron chi connectivity index (χ2n) is 5.65. The predicted octanol–water partition coefficient (Wildman–Crippen LogP) is 3.43. The highest BCUT2D eigenvalue weighted by Crippen LogP contribution is 2.22. The lowest BCUT2D eigenvalue weighted by Crippen LogP contribution is -2.31. The van der Waals surface area contributed by atoms with E-state index in [1.165, 1.54) is 0 Å². The number of aromatic nitrogens is 2. The van der Waals surface area contributed by atoms with Gasteiger partial charge in [-0.05, 0) is 36.8 Å². The fourth-order valence-electron chi connectivity index (χ4n) is 2.49. The number of halogens is 1. The molecule has 0 unspecified atom stereocenters. The SMILES string of the molecule is C[C@@H](NC(=O)COC(=O)c1ccc2nccnc2c1)c1ccccc1Br. The molecule has 7 heteroatoms. The number of fused-ring (bicyclic) bond motifs is 1. The summed E-state index contributed by atoms with van der Waals surface area (Å²) in [5.74, 6) is -0.955. The van der Waals surface area contributed by atoms with Crippen molar-refractivity contribution >= 4 is 38.8 Å². The molecule has 0 spiro atoms. The molecule has 3 aromatic rings. The van der Waals surface area contributed by atoms with Crippen molar-refractivity contribution < 1.29 is 14.3 Å². The fourth-order valence-corrected chi connectivity index (χ4v) is 3.12. The molecule has 26 heavy (non-hydrogen) atoms. The lowest BCUT2D eigenvalue weighted by Gasteiger charge is -2.15. The van der Waals surface area contributed by atoms with Crippen LogP contribution in [-0.4, -0.2) is 28.5 Å². The van der Waals surface area contributed by atoms with E-state index in [1.54, 1.807) is 30.6 Å². The normalized spacial score (nSPS) is 11.8. The molecule has 1 aromatic heterocycles. The molecule has 0 saturated carbocycles. The van der Waals surface area contributed by atoms with E-state index in [-0.39, 0.29) is 18.6 Å². The number of carbonyl (C=O) groups is 2.